The highest BCUT2D eigenvalue weighted by atomic mass is 127. The van der Waals surface area contributed by atoms with Crippen LogP contribution in [0.25, 0.3) is 0 Å². The molecule has 0 spiro atoms. The van der Waals surface area contributed by atoms with E-state index in [0.29, 0.717) is 28.5 Å². The third-order valence-electron chi connectivity index (χ3n) is 2.64. The molecule has 0 aliphatic carbocycles. The molecule has 0 aliphatic heterocycles. The molecule has 2 aromatic carbocycles. The number of primary amides is 1. The molecule has 0 radical (unpaired) electrons. The molecular weight excluding hydrogens is 371 g/mol. The van der Waals surface area contributed by atoms with Crippen LogP contribution in [-0.2, 0) is 0 Å². The molecule has 104 valence electrons. The van der Waals surface area contributed by atoms with Gasteiger partial charge >= 0.3 is 0 Å². The van der Waals surface area contributed by atoms with E-state index in [0.717, 1.165) is 3.57 Å². The van der Waals surface area contributed by atoms with Crippen molar-refractivity contribution in [3.63, 3.8) is 0 Å². The molecule has 0 saturated heterocycles. The van der Waals surface area contributed by atoms with E-state index < -0.39 is 5.91 Å². The summed E-state index contributed by atoms with van der Waals surface area (Å²) in [6.45, 7) is 0. The van der Waals surface area contributed by atoms with Crippen molar-refractivity contribution in [1.82, 2.24) is 0 Å². The van der Waals surface area contributed by atoms with Crippen LogP contribution >= 0.6 is 22.6 Å². The molecular formula is C14H13IN2O3. The zero-order valence-electron chi connectivity index (χ0n) is 10.7. The summed E-state index contributed by atoms with van der Waals surface area (Å²) in [5.74, 6) is 0.879. The summed E-state index contributed by atoms with van der Waals surface area (Å²) in [4.78, 5) is 11.1. The molecule has 0 fully saturated rings. The van der Waals surface area contributed by atoms with E-state index in [2.05, 4.69) is 22.6 Å². The number of anilines is 1. The van der Waals surface area contributed by atoms with Gasteiger partial charge in [0.1, 0.15) is 0 Å². The summed E-state index contributed by atoms with van der Waals surface area (Å²) >= 11 is 2.17. The van der Waals surface area contributed by atoms with Crippen molar-refractivity contribution in [2.24, 2.45) is 5.73 Å². The largest absolute Gasteiger partial charge is 0.493 e. The van der Waals surface area contributed by atoms with Gasteiger partial charge < -0.3 is 20.9 Å². The summed E-state index contributed by atoms with van der Waals surface area (Å²) < 4.78 is 11.9. The highest BCUT2D eigenvalue weighted by Gasteiger charge is 2.11. The number of amides is 1. The maximum Gasteiger partial charge on any atom is 0.248 e. The van der Waals surface area contributed by atoms with Gasteiger partial charge in [0, 0.05) is 9.13 Å². The van der Waals surface area contributed by atoms with Crippen LogP contribution in [0.2, 0.25) is 0 Å². The summed E-state index contributed by atoms with van der Waals surface area (Å²) in [5, 5.41) is 0. The van der Waals surface area contributed by atoms with Crippen LogP contribution in [-0.4, -0.2) is 13.0 Å². The number of hydrogen-bond acceptors (Lipinski definition) is 4. The minimum absolute atomic E-state index is 0.352. The molecule has 0 heterocycles. The number of benzene rings is 2. The van der Waals surface area contributed by atoms with Crippen LogP contribution < -0.4 is 20.9 Å². The van der Waals surface area contributed by atoms with Crippen molar-refractivity contribution in [1.29, 1.82) is 0 Å². The van der Waals surface area contributed by atoms with Gasteiger partial charge in [-0.3, -0.25) is 4.79 Å². The maximum absolute atomic E-state index is 11.1. The van der Waals surface area contributed by atoms with Crippen LogP contribution in [0.1, 0.15) is 10.4 Å². The van der Waals surface area contributed by atoms with Crippen LogP contribution in [0, 0.1) is 3.57 Å². The van der Waals surface area contributed by atoms with Gasteiger partial charge in [-0.1, -0.05) is 0 Å². The number of rotatable bonds is 4. The number of hydrogen-bond donors (Lipinski definition) is 2. The Morgan fingerprint density at radius 3 is 2.40 bits per heavy atom. The van der Waals surface area contributed by atoms with Crippen LogP contribution in [0.5, 0.6) is 17.2 Å². The van der Waals surface area contributed by atoms with Crippen LogP contribution in [0.3, 0.4) is 0 Å². The monoisotopic (exact) mass is 384 g/mol. The van der Waals surface area contributed by atoms with E-state index in [-0.39, 0.29) is 0 Å². The lowest BCUT2D eigenvalue weighted by Gasteiger charge is -2.12. The lowest BCUT2D eigenvalue weighted by atomic mass is 10.2. The van der Waals surface area contributed by atoms with Gasteiger partial charge in [-0.25, -0.2) is 0 Å². The summed E-state index contributed by atoms with van der Waals surface area (Å²) in [6, 6.07) is 10.2. The van der Waals surface area contributed by atoms with Gasteiger partial charge in [0.2, 0.25) is 5.91 Å². The highest BCUT2D eigenvalue weighted by Crippen LogP contribution is 2.35. The molecule has 2 rings (SSSR count). The molecule has 0 aromatic heterocycles. The Hall–Kier alpha value is -1.96. The second kappa shape index (κ2) is 6.00. The quantitative estimate of drug-likeness (QED) is 0.627. The Bertz CT molecular complexity index is 659. The highest BCUT2D eigenvalue weighted by molar-refractivity contribution is 14.1. The molecule has 20 heavy (non-hydrogen) atoms. The second-order valence-corrected chi connectivity index (χ2v) is 5.26. The van der Waals surface area contributed by atoms with Crippen molar-refractivity contribution < 1.29 is 14.3 Å². The normalized spacial score (nSPS) is 10.1. The first-order valence-corrected chi connectivity index (χ1v) is 6.80. The Kier molecular flexibility index (Phi) is 4.33. The number of halogens is 1. The van der Waals surface area contributed by atoms with Crippen LogP contribution in [0.15, 0.2) is 36.4 Å². The summed E-state index contributed by atoms with van der Waals surface area (Å²) in [7, 11) is 1.49. The van der Waals surface area contributed by atoms with Crippen molar-refractivity contribution in [2.75, 3.05) is 12.8 Å². The molecule has 0 atom stereocenters. The van der Waals surface area contributed by atoms with Gasteiger partial charge in [-0.15, -0.1) is 0 Å². The van der Waals surface area contributed by atoms with Crippen molar-refractivity contribution in [3.8, 4) is 17.2 Å². The van der Waals surface area contributed by atoms with Crippen molar-refractivity contribution in [2.45, 2.75) is 0 Å². The Morgan fingerprint density at radius 2 is 1.80 bits per heavy atom. The van der Waals surface area contributed by atoms with Gasteiger partial charge in [0.25, 0.3) is 0 Å². The van der Waals surface area contributed by atoms with E-state index in [1.165, 1.54) is 13.2 Å². The third kappa shape index (κ3) is 3.13. The molecule has 6 heteroatoms. The number of carbonyl (C=O) groups excluding carboxylic acids is 1. The Balaban J connectivity index is 2.35. The molecule has 0 saturated carbocycles. The second-order valence-electron chi connectivity index (χ2n) is 4.01. The first kappa shape index (κ1) is 14.4. The molecule has 1 amide bonds. The zero-order valence-corrected chi connectivity index (χ0v) is 12.9. The predicted octanol–water partition coefficient (Wildman–Crippen LogP) is 2.77. The molecule has 5 nitrogen and oxygen atoms in total. The number of nitrogen functional groups attached to an aromatic ring is 1. The standard InChI is InChI=1S/C14H13IN2O3/c1-19-13-6-8(14(17)18)2-4-12(13)20-11-5-3-9(15)7-10(11)16/h2-7H,16H2,1H3,(H2,17,18). The fraction of sp³-hybridized carbons (Fsp3) is 0.0714. The summed E-state index contributed by atoms with van der Waals surface area (Å²) in [6.07, 6.45) is 0. The maximum atomic E-state index is 11.1. The fourth-order valence-corrected chi connectivity index (χ4v) is 2.15. The van der Waals surface area contributed by atoms with Gasteiger partial charge in [-0.05, 0) is 59.0 Å². The molecule has 0 unspecified atom stereocenters. The van der Waals surface area contributed by atoms with E-state index in [1.807, 2.05) is 6.07 Å². The lowest BCUT2D eigenvalue weighted by molar-refractivity contribution is 0.1000. The van der Waals surface area contributed by atoms with E-state index in [9.17, 15) is 4.79 Å². The van der Waals surface area contributed by atoms with E-state index >= 15 is 0 Å². The van der Waals surface area contributed by atoms with E-state index in [4.69, 9.17) is 20.9 Å². The fourth-order valence-electron chi connectivity index (χ4n) is 1.64. The minimum Gasteiger partial charge on any atom is -0.493 e. The van der Waals surface area contributed by atoms with Gasteiger partial charge in [0.15, 0.2) is 17.2 Å². The smallest absolute Gasteiger partial charge is 0.248 e. The third-order valence-corrected chi connectivity index (χ3v) is 3.31. The number of ether oxygens (including phenoxy) is 2. The van der Waals surface area contributed by atoms with Gasteiger partial charge in [0.05, 0.1) is 12.8 Å². The SMILES string of the molecule is COc1cc(C(N)=O)ccc1Oc1ccc(I)cc1N. The number of nitrogens with two attached hydrogens (primary N) is 2. The zero-order chi connectivity index (χ0) is 14.7. The first-order chi connectivity index (χ1) is 9.51. The molecule has 0 aliphatic rings. The average Bonchev–Trinajstić information content (AvgIpc) is 2.42. The Labute approximate surface area is 130 Å². The topological polar surface area (TPSA) is 87.6 Å². The number of methoxy groups -OCH3 is 1. The summed E-state index contributed by atoms with van der Waals surface area (Å²) in [5.41, 5.74) is 12.0. The van der Waals surface area contributed by atoms with E-state index in [1.54, 1.807) is 24.3 Å². The molecule has 2 aromatic rings. The first-order valence-electron chi connectivity index (χ1n) is 5.72. The van der Waals surface area contributed by atoms with Crippen molar-refractivity contribution in [3.05, 3.63) is 45.5 Å². The minimum atomic E-state index is -0.524. The van der Waals surface area contributed by atoms with Crippen molar-refractivity contribution >= 4 is 34.2 Å². The van der Waals surface area contributed by atoms with Crippen LogP contribution in [0.4, 0.5) is 5.69 Å². The average molecular weight is 384 g/mol. The lowest BCUT2D eigenvalue weighted by Crippen LogP contribution is -2.10. The molecule has 0 bridgehead atoms. The number of carbonyl (C=O) groups is 1. The molecule has 4 N–H and O–H groups in total. The Morgan fingerprint density at radius 1 is 1.10 bits per heavy atom. The predicted molar refractivity (Wildman–Crippen MR) is 85.2 cm³/mol. The van der Waals surface area contributed by atoms with Gasteiger partial charge in [-0.2, -0.15) is 0 Å².